The maximum absolute atomic E-state index is 12.8. The van der Waals surface area contributed by atoms with Gasteiger partial charge in [-0.1, -0.05) is 30.3 Å². The second-order valence-electron chi connectivity index (χ2n) is 8.29. The molecule has 30 heavy (non-hydrogen) atoms. The summed E-state index contributed by atoms with van der Waals surface area (Å²) >= 11 is 0. The third-order valence-electron chi connectivity index (χ3n) is 5.99. The average molecular weight is 428 g/mol. The van der Waals surface area contributed by atoms with Crippen LogP contribution in [0.3, 0.4) is 0 Å². The van der Waals surface area contributed by atoms with Gasteiger partial charge in [-0.15, -0.1) is 0 Å². The highest BCUT2D eigenvalue weighted by Gasteiger charge is 2.26. The number of benzene rings is 2. The van der Waals surface area contributed by atoms with E-state index in [0.717, 1.165) is 50.9 Å². The molecule has 2 heterocycles. The number of carbonyl (C=O) groups is 1. The zero-order valence-corrected chi connectivity index (χ0v) is 18.2. The van der Waals surface area contributed by atoms with Crippen molar-refractivity contribution in [2.24, 2.45) is 0 Å². The van der Waals surface area contributed by atoms with Crippen molar-refractivity contribution >= 4 is 21.6 Å². The van der Waals surface area contributed by atoms with E-state index in [0.29, 0.717) is 17.8 Å². The molecule has 0 aliphatic carbocycles. The number of hydrogen-bond acceptors (Lipinski definition) is 4. The normalized spacial score (nSPS) is 18.1. The van der Waals surface area contributed by atoms with E-state index in [1.54, 1.807) is 12.1 Å². The van der Waals surface area contributed by atoms with Crippen LogP contribution in [0.25, 0.3) is 0 Å². The van der Waals surface area contributed by atoms with Crippen LogP contribution >= 0.6 is 0 Å². The Morgan fingerprint density at radius 2 is 1.80 bits per heavy atom. The van der Waals surface area contributed by atoms with Gasteiger partial charge in [0.25, 0.3) is 5.91 Å². The lowest BCUT2D eigenvalue weighted by molar-refractivity contribution is 0.0909. The van der Waals surface area contributed by atoms with Gasteiger partial charge in [-0.05, 0) is 55.0 Å². The van der Waals surface area contributed by atoms with Crippen molar-refractivity contribution < 1.29 is 13.2 Å². The summed E-state index contributed by atoms with van der Waals surface area (Å²) in [7, 11) is -3.29. The van der Waals surface area contributed by atoms with E-state index in [9.17, 15) is 13.2 Å². The fourth-order valence-corrected chi connectivity index (χ4v) is 5.39. The summed E-state index contributed by atoms with van der Waals surface area (Å²) in [6.45, 7) is 3.38. The number of sulfonamides is 1. The van der Waals surface area contributed by atoms with Crippen LogP contribution in [-0.2, 0) is 23.0 Å². The number of fused-ring (bicyclic) bond motifs is 1. The van der Waals surface area contributed by atoms with Gasteiger partial charge in [0, 0.05) is 37.8 Å². The molecule has 2 aliphatic rings. The zero-order chi connectivity index (χ0) is 21.1. The van der Waals surface area contributed by atoms with Crippen molar-refractivity contribution in [2.45, 2.75) is 38.3 Å². The Bertz CT molecular complexity index is 1000. The van der Waals surface area contributed by atoms with Crippen LogP contribution < -0.4 is 9.62 Å². The number of nitrogens with one attached hydrogen (secondary N) is 1. The van der Waals surface area contributed by atoms with Gasteiger partial charge in [0.1, 0.15) is 0 Å². The van der Waals surface area contributed by atoms with Crippen LogP contribution in [0.2, 0.25) is 0 Å². The topological polar surface area (TPSA) is 69.7 Å². The molecular formula is C23H29N3O3S. The highest BCUT2D eigenvalue weighted by Crippen LogP contribution is 2.30. The van der Waals surface area contributed by atoms with Crippen LogP contribution in [0.4, 0.5) is 5.69 Å². The fourth-order valence-electron chi connectivity index (χ4n) is 4.39. The standard InChI is InChI=1S/C23H29N3O3S/c1-30(28,29)26-13-5-8-19-16-20(9-10-22(19)26)23(27)24-21-11-14-25(15-12-21)17-18-6-3-2-4-7-18/h2-4,6-7,9-10,16,21H,5,8,11-15,17H2,1H3,(H,24,27). The maximum atomic E-state index is 12.8. The van der Waals surface area contributed by atoms with E-state index in [2.05, 4.69) is 34.5 Å². The molecule has 4 rings (SSSR count). The largest absolute Gasteiger partial charge is 0.349 e. The van der Waals surface area contributed by atoms with Crippen molar-refractivity contribution in [2.75, 3.05) is 30.2 Å². The monoisotopic (exact) mass is 427 g/mol. The minimum atomic E-state index is -3.29. The minimum absolute atomic E-state index is 0.0733. The van der Waals surface area contributed by atoms with Gasteiger partial charge < -0.3 is 5.32 Å². The van der Waals surface area contributed by atoms with Crippen LogP contribution in [0.1, 0.15) is 40.7 Å². The van der Waals surface area contributed by atoms with Crippen molar-refractivity contribution in [1.82, 2.24) is 10.2 Å². The third-order valence-corrected chi connectivity index (χ3v) is 7.17. The molecule has 160 valence electrons. The lowest BCUT2D eigenvalue weighted by atomic mass is 9.99. The molecule has 1 amide bonds. The predicted molar refractivity (Wildman–Crippen MR) is 119 cm³/mol. The molecule has 0 atom stereocenters. The first-order valence-corrected chi connectivity index (χ1v) is 12.4. The Morgan fingerprint density at radius 1 is 1.07 bits per heavy atom. The van der Waals surface area contributed by atoms with Crippen molar-refractivity contribution in [3.63, 3.8) is 0 Å². The number of hydrogen-bond donors (Lipinski definition) is 1. The molecule has 2 aromatic rings. The smallest absolute Gasteiger partial charge is 0.251 e. The Kier molecular flexibility index (Phi) is 6.11. The molecule has 0 spiro atoms. The summed E-state index contributed by atoms with van der Waals surface area (Å²) in [6.07, 6.45) is 4.66. The molecule has 1 saturated heterocycles. The van der Waals surface area contributed by atoms with Crippen LogP contribution in [-0.4, -0.2) is 51.2 Å². The maximum Gasteiger partial charge on any atom is 0.251 e. The molecule has 0 saturated carbocycles. The van der Waals surface area contributed by atoms with Gasteiger partial charge in [-0.3, -0.25) is 14.0 Å². The molecule has 0 aromatic heterocycles. The second-order valence-corrected chi connectivity index (χ2v) is 10.2. The fraction of sp³-hybridized carbons (Fsp3) is 0.435. The summed E-state index contributed by atoms with van der Waals surface area (Å²) in [5.74, 6) is -0.0733. The predicted octanol–water partition coefficient (Wildman–Crippen LogP) is 2.79. The summed E-state index contributed by atoms with van der Waals surface area (Å²) in [6, 6.07) is 16.0. The van der Waals surface area contributed by atoms with Gasteiger partial charge in [0.05, 0.1) is 11.9 Å². The summed E-state index contributed by atoms with van der Waals surface area (Å²) in [5.41, 5.74) is 3.56. The van der Waals surface area contributed by atoms with Gasteiger partial charge in [-0.25, -0.2) is 8.42 Å². The highest BCUT2D eigenvalue weighted by molar-refractivity contribution is 7.92. The van der Waals surface area contributed by atoms with E-state index in [1.807, 2.05) is 12.1 Å². The molecule has 6 nitrogen and oxygen atoms in total. The lowest BCUT2D eigenvalue weighted by Gasteiger charge is -2.32. The summed E-state index contributed by atoms with van der Waals surface area (Å²) in [4.78, 5) is 15.2. The van der Waals surface area contributed by atoms with E-state index < -0.39 is 10.0 Å². The van der Waals surface area contributed by atoms with Gasteiger partial charge >= 0.3 is 0 Å². The Balaban J connectivity index is 1.35. The zero-order valence-electron chi connectivity index (χ0n) is 17.4. The minimum Gasteiger partial charge on any atom is -0.349 e. The number of rotatable bonds is 5. The van der Waals surface area contributed by atoms with Crippen LogP contribution in [0, 0.1) is 0 Å². The number of nitrogens with zero attached hydrogens (tertiary/aromatic N) is 2. The van der Waals surface area contributed by atoms with E-state index in [4.69, 9.17) is 0 Å². The molecular weight excluding hydrogens is 398 g/mol. The molecule has 2 aromatic carbocycles. The molecule has 0 bridgehead atoms. The number of piperidine rings is 1. The number of aryl methyl sites for hydroxylation is 1. The van der Waals surface area contributed by atoms with Crippen molar-refractivity contribution in [1.29, 1.82) is 0 Å². The molecule has 0 radical (unpaired) electrons. The number of anilines is 1. The quantitative estimate of drug-likeness (QED) is 0.797. The Morgan fingerprint density at radius 3 is 2.50 bits per heavy atom. The Hall–Kier alpha value is -2.38. The van der Waals surface area contributed by atoms with Gasteiger partial charge in [0.2, 0.25) is 10.0 Å². The SMILES string of the molecule is CS(=O)(=O)N1CCCc2cc(C(=O)NC3CCN(Cc4ccccc4)CC3)ccc21. The molecule has 0 unspecified atom stereocenters. The summed E-state index contributed by atoms with van der Waals surface area (Å²) < 4.78 is 25.5. The molecule has 2 aliphatic heterocycles. The Labute approximate surface area is 178 Å². The van der Waals surface area contributed by atoms with Gasteiger partial charge in [-0.2, -0.15) is 0 Å². The third kappa shape index (κ3) is 4.84. The molecule has 1 N–H and O–H groups in total. The van der Waals surface area contributed by atoms with Crippen LogP contribution in [0.15, 0.2) is 48.5 Å². The van der Waals surface area contributed by atoms with Crippen molar-refractivity contribution in [3.8, 4) is 0 Å². The van der Waals surface area contributed by atoms with Crippen molar-refractivity contribution in [3.05, 3.63) is 65.2 Å². The number of likely N-dealkylation sites (tertiary alicyclic amines) is 1. The van der Waals surface area contributed by atoms with Gasteiger partial charge in [0.15, 0.2) is 0 Å². The first-order valence-electron chi connectivity index (χ1n) is 10.6. The second kappa shape index (κ2) is 8.78. The molecule has 1 fully saturated rings. The highest BCUT2D eigenvalue weighted by atomic mass is 32.2. The summed E-state index contributed by atoms with van der Waals surface area (Å²) in [5, 5.41) is 3.17. The van der Waals surface area contributed by atoms with Crippen LogP contribution in [0.5, 0.6) is 0 Å². The first kappa shape index (κ1) is 20.9. The average Bonchev–Trinajstić information content (AvgIpc) is 2.74. The molecule has 7 heteroatoms. The number of carbonyl (C=O) groups excluding carboxylic acids is 1. The van der Waals surface area contributed by atoms with E-state index in [1.165, 1.54) is 16.1 Å². The first-order chi connectivity index (χ1) is 14.4. The van der Waals surface area contributed by atoms with E-state index >= 15 is 0 Å². The number of amides is 1. The van der Waals surface area contributed by atoms with E-state index in [-0.39, 0.29) is 11.9 Å². The lowest BCUT2D eigenvalue weighted by Crippen LogP contribution is -2.44.